The number of hydrogen-bond donors (Lipinski definition) is 1. The number of benzene rings is 1. The zero-order valence-electron chi connectivity index (χ0n) is 11.0. The molecule has 1 amide bonds. The lowest BCUT2D eigenvalue weighted by Gasteiger charge is -2.20. The number of hydrogen-bond acceptors (Lipinski definition) is 2. The predicted molar refractivity (Wildman–Crippen MR) is 73.3 cm³/mol. The van der Waals surface area contributed by atoms with Crippen LogP contribution in [0.1, 0.15) is 26.5 Å². The van der Waals surface area contributed by atoms with Gasteiger partial charge in [-0.1, -0.05) is 24.3 Å². The Bertz CT molecular complexity index is 570. The summed E-state index contributed by atoms with van der Waals surface area (Å²) in [7, 11) is 0. The molecule has 1 heterocycles. The molecule has 0 saturated carbocycles. The second kappa shape index (κ2) is 4.77. The normalized spacial score (nSPS) is 11.5. The lowest BCUT2D eigenvalue weighted by molar-refractivity contribution is -0.121. The van der Waals surface area contributed by atoms with Crippen LogP contribution in [0.3, 0.4) is 0 Å². The van der Waals surface area contributed by atoms with E-state index in [1.807, 2.05) is 57.2 Å². The first kappa shape index (κ1) is 12.6. The van der Waals surface area contributed by atoms with Crippen molar-refractivity contribution in [1.29, 1.82) is 0 Å². The van der Waals surface area contributed by atoms with Gasteiger partial charge in [0.15, 0.2) is 0 Å². The molecule has 0 radical (unpaired) electrons. The average Bonchev–Trinajstić information content (AvgIpc) is 2.26. The Hall–Kier alpha value is -1.90. The molecule has 0 atom stereocenters. The van der Waals surface area contributed by atoms with Crippen molar-refractivity contribution in [2.75, 3.05) is 0 Å². The van der Waals surface area contributed by atoms with Gasteiger partial charge >= 0.3 is 0 Å². The summed E-state index contributed by atoms with van der Waals surface area (Å²) >= 11 is 0. The summed E-state index contributed by atoms with van der Waals surface area (Å²) in [6, 6.07) is 11.8. The molecule has 3 heteroatoms. The van der Waals surface area contributed by atoms with Gasteiger partial charge in [0.05, 0.1) is 17.6 Å². The standard InChI is InChI=1S/C15H18N2O/c1-15(2,3)17-14(18)10-12-9-8-11-6-4-5-7-13(11)16-12/h4-9H,10H2,1-3H3,(H,17,18). The fourth-order valence-electron chi connectivity index (χ4n) is 1.83. The fourth-order valence-corrected chi connectivity index (χ4v) is 1.83. The Morgan fingerprint density at radius 2 is 1.89 bits per heavy atom. The highest BCUT2D eigenvalue weighted by Crippen LogP contribution is 2.12. The van der Waals surface area contributed by atoms with Gasteiger partial charge < -0.3 is 5.32 Å². The van der Waals surface area contributed by atoms with E-state index in [4.69, 9.17) is 0 Å². The minimum absolute atomic E-state index is 0.00489. The van der Waals surface area contributed by atoms with Crippen LogP contribution in [0.2, 0.25) is 0 Å². The summed E-state index contributed by atoms with van der Waals surface area (Å²) in [6.45, 7) is 5.91. The molecule has 0 fully saturated rings. The van der Waals surface area contributed by atoms with Gasteiger partial charge in [-0.3, -0.25) is 9.78 Å². The number of nitrogens with one attached hydrogen (secondary N) is 1. The van der Waals surface area contributed by atoms with Crippen molar-refractivity contribution in [2.24, 2.45) is 0 Å². The van der Waals surface area contributed by atoms with Crippen LogP contribution in [0.4, 0.5) is 0 Å². The van der Waals surface area contributed by atoms with E-state index >= 15 is 0 Å². The summed E-state index contributed by atoms with van der Waals surface area (Å²) in [5.41, 5.74) is 1.53. The van der Waals surface area contributed by atoms with Crippen LogP contribution in [0.15, 0.2) is 36.4 Å². The largest absolute Gasteiger partial charge is 0.351 e. The molecule has 94 valence electrons. The maximum absolute atomic E-state index is 11.8. The molecule has 0 aliphatic heterocycles. The molecule has 2 aromatic rings. The Morgan fingerprint density at radius 3 is 2.61 bits per heavy atom. The van der Waals surface area contributed by atoms with E-state index in [0.29, 0.717) is 6.42 Å². The first-order valence-corrected chi connectivity index (χ1v) is 6.10. The maximum atomic E-state index is 11.8. The summed E-state index contributed by atoms with van der Waals surface area (Å²) in [6.07, 6.45) is 0.322. The van der Waals surface area contributed by atoms with E-state index in [-0.39, 0.29) is 11.4 Å². The minimum Gasteiger partial charge on any atom is -0.351 e. The van der Waals surface area contributed by atoms with Gasteiger partial charge in [0, 0.05) is 10.9 Å². The van der Waals surface area contributed by atoms with Gasteiger partial charge in [0.1, 0.15) is 0 Å². The third-order valence-electron chi connectivity index (χ3n) is 2.51. The second-order valence-electron chi connectivity index (χ2n) is 5.47. The van der Waals surface area contributed by atoms with Gasteiger partial charge in [-0.15, -0.1) is 0 Å². The summed E-state index contributed by atoms with van der Waals surface area (Å²) in [4.78, 5) is 16.3. The number of rotatable bonds is 2. The number of pyridine rings is 1. The highest BCUT2D eigenvalue weighted by Gasteiger charge is 2.14. The molecule has 0 saturated heterocycles. The first-order valence-electron chi connectivity index (χ1n) is 6.10. The molecule has 0 unspecified atom stereocenters. The average molecular weight is 242 g/mol. The van der Waals surface area contributed by atoms with Gasteiger partial charge in [-0.2, -0.15) is 0 Å². The Labute approximate surface area is 107 Å². The first-order chi connectivity index (χ1) is 8.44. The number of para-hydroxylation sites is 1. The molecule has 0 bridgehead atoms. The van der Waals surface area contributed by atoms with Crippen LogP contribution in [-0.4, -0.2) is 16.4 Å². The van der Waals surface area contributed by atoms with Crippen LogP contribution in [0, 0.1) is 0 Å². The highest BCUT2D eigenvalue weighted by molar-refractivity contribution is 5.81. The van der Waals surface area contributed by atoms with E-state index in [1.54, 1.807) is 0 Å². The van der Waals surface area contributed by atoms with Crippen LogP contribution < -0.4 is 5.32 Å². The van der Waals surface area contributed by atoms with E-state index in [0.717, 1.165) is 16.6 Å². The van der Waals surface area contributed by atoms with Crippen molar-refractivity contribution in [1.82, 2.24) is 10.3 Å². The molecule has 0 spiro atoms. The lowest BCUT2D eigenvalue weighted by atomic mass is 10.1. The third kappa shape index (κ3) is 3.29. The highest BCUT2D eigenvalue weighted by atomic mass is 16.1. The van der Waals surface area contributed by atoms with E-state index in [9.17, 15) is 4.79 Å². The molecule has 1 aromatic heterocycles. The van der Waals surface area contributed by atoms with Crippen molar-refractivity contribution < 1.29 is 4.79 Å². The summed E-state index contributed by atoms with van der Waals surface area (Å²) in [5, 5.41) is 4.03. The Kier molecular flexibility index (Phi) is 3.32. The smallest absolute Gasteiger partial charge is 0.226 e. The number of carbonyl (C=O) groups is 1. The zero-order chi connectivity index (χ0) is 13.2. The van der Waals surface area contributed by atoms with Crippen molar-refractivity contribution in [3.8, 4) is 0 Å². The van der Waals surface area contributed by atoms with E-state index in [1.165, 1.54) is 0 Å². The predicted octanol–water partition coefficient (Wildman–Crippen LogP) is 2.69. The van der Waals surface area contributed by atoms with Crippen molar-refractivity contribution in [2.45, 2.75) is 32.7 Å². The Balaban J connectivity index is 2.15. The zero-order valence-corrected chi connectivity index (χ0v) is 11.0. The van der Waals surface area contributed by atoms with Crippen molar-refractivity contribution >= 4 is 16.8 Å². The topological polar surface area (TPSA) is 42.0 Å². The fraction of sp³-hybridized carbons (Fsp3) is 0.333. The molecule has 0 aliphatic carbocycles. The maximum Gasteiger partial charge on any atom is 0.226 e. The molecule has 18 heavy (non-hydrogen) atoms. The number of aromatic nitrogens is 1. The van der Waals surface area contributed by atoms with Crippen molar-refractivity contribution in [3.05, 3.63) is 42.1 Å². The van der Waals surface area contributed by atoms with E-state index in [2.05, 4.69) is 10.3 Å². The van der Waals surface area contributed by atoms with Crippen LogP contribution >= 0.6 is 0 Å². The lowest BCUT2D eigenvalue weighted by Crippen LogP contribution is -2.41. The van der Waals surface area contributed by atoms with Gasteiger partial charge in [-0.25, -0.2) is 0 Å². The molecule has 3 nitrogen and oxygen atoms in total. The van der Waals surface area contributed by atoms with Crippen LogP contribution in [0.5, 0.6) is 0 Å². The molecule has 0 aliphatic rings. The molecule has 2 rings (SSSR count). The van der Waals surface area contributed by atoms with Crippen LogP contribution in [-0.2, 0) is 11.2 Å². The molecular formula is C15H18N2O. The van der Waals surface area contributed by atoms with Gasteiger partial charge in [0.2, 0.25) is 5.91 Å². The number of carbonyl (C=O) groups excluding carboxylic acids is 1. The van der Waals surface area contributed by atoms with Crippen molar-refractivity contribution in [3.63, 3.8) is 0 Å². The SMILES string of the molecule is CC(C)(C)NC(=O)Cc1ccc2ccccc2n1. The number of fused-ring (bicyclic) bond motifs is 1. The summed E-state index contributed by atoms with van der Waals surface area (Å²) in [5.74, 6) is 0.00489. The van der Waals surface area contributed by atoms with Crippen LogP contribution in [0.25, 0.3) is 10.9 Å². The molecular weight excluding hydrogens is 224 g/mol. The minimum atomic E-state index is -0.200. The number of amides is 1. The van der Waals surface area contributed by atoms with Gasteiger partial charge in [-0.05, 0) is 32.9 Å². The quantitative estimate of drug-likeness (QED) is 0.879. The molecule has 1 N–H and O–H groups in total. The van der Waals surface area contributed by atoms with Gasteiger partial charge in [0.25, 0.3) is 0 Å². The van der Waals surface area contributed by atoms with E-state index < -0.39 is 0 Å². The monoisotopic (exact) mass is 242 g/mol. The third-order valence-corrected chi connectivity index (χ3v) is 2.51. The second-order valence-corrected chi connectivity index (χ2v) is 5.47. The Morgan fingerprint density at radius 1 is 1.17 bits per heavy atom. The molecule has 1 aromatic carbocycles. The number of nitrogens with zero attached hydrogens (tertiary/aromatic N) is 1. The summed E-state index contributed by atoms with van der Waals surface area (Å²) < 4.78 is 0.